The van der Waals surface area contributed by atoms with E-state index in [1.54, 1.807) is 31.4 Å². The lowest BCUT2D eigenvalue weighted by molar-refractivity contribution is 0.0951. The zero-order chi connectivity index (χ0) is 20.1. The average Bonchev–Trinajstić information content (AvgIpc) is 3.39. The van der Waals surface area contributed by atoms with Gasteiger partial charge in [0.25, 0.3) is 11.9 Å². The molecule has 0 saturated carbocycles. The van der Waals surface area contributed by atoms with Crippen LogP contribution >= 0.6 is 0 Å². The highest BCUT2D eigenvalue weighted by Crippen LogP contribution is 2.28. The Morgan fingerprint density at radius 2 is 2.03 bits per heavy atom. The van der Waals surface area contributed by atoms with Gasteiger partial charge in [-0.05, 0) is 49.2 Å². The van der Waals surface area contributed by atoms with Gasteiger partial charge in [-0.15, -0.1) is 0 Å². The van der Waals surface area contributed by atoms with E-state index in [-0.39, 0.29) is 11.9 Å². The summed E-state index contributed by atoms with van der Waals surface area (Å²) in [4.78, 5) is 19.3. The number of methoxy groups -OCH3 is 1. The summed E-state index contributed by atoms with van der Waals surface area (Å²) in [7, 11) is 1.63. The molecular weight excluding hydrogens is 370 g/mol. The number of nitrogens with zero attached hydrogens (tertiary/aromatic N) is 2. The van der Waals surface area contributed by atoms with Crippen LogP contribution in [0.1, 0.15) is 23.2 Å². The van der Waals surface area contributed by atoms with Crippen molar-refractivity contribution in [3.8, 4) is 5.75 Å². The number of benzene rings is 2. The van der Waals surface area contributed by atoms with Crippen LogP contribution in [0.25, 0.3) is 11.1 Å². The molecule has 29 heavy (non-hydrogen) atoms. The van der Waals surface area contributed by atoms with Gasteiger partial charge in [0.05, 0.1) is 12.6 Å². The number of nitrogens with one attached hydrogen (secondary N) is 1. The van der Waals surface area contributed by atoms with E-state index in [1.807, 2.05) is 24.3 Å². The van der Waals surface area contributed by atoms with Crippen LogP contribution in [-0.2, 0) is 4.74 Å². The van der Waals surface area contributed by atoms with E-state index in [0.29, 0.717) is 31.3 Å². The maximum atomic E-state index is 12.5. The molecule has 1 aliphatic rings. The molecule has 1 unspecified atom stereocenters. The standard InChI is InChI=1S/C22H25N3O4/c1-27-13-14-28-18-10-8-16(9-11-18)21(26)23-15-17-5-4-12-25(17)22-24-19-6-2-3-7-20(19)29-22/h2-3,6-11,17H,4-5,12-15H2,1H3,(H,23,26). The van der Waals surface area contributed by atoms with Crippen LogP contribution in [0.5, 0.6) is 5.75 Å². The number of hydrogen-bond donors (Lipinski definition) is 1. The summed E-state index contributed by atoms with van der Waals surface area (Å²) in [6.45, 7) is 2.43. The van der Waals surface area contributed by atoms with Crippen LogP contribution in [0.3, 0.4) is 0 Å². The number of ether oxygens (including phenoxy) is 2. The van der Waals surface area contributed by atoms with Gasteiger partial charge in [-0.2, -0.15) is 4.98 Å². The van der Waals surface area contributed by atoms with Crippen LogP contribution in [0.15, 0.2) is 52.9 Å². The Balaban J connectivity index is 1.34. The van der Waals surface area contributed by atoms with Crippen LogP contribution in [0, 0.1) is 0 Å². The quantitative estimate of drug-likeness (QED) is 0.590. The molecule has 1 saturated heterocycles. The van der Waals surface area contributed by atoms with Crippen molar-refractivity contribution in [3.63, 3.8) is 0 Å². The highest BCUT2D eigenvalue weighted by molar-refractivity contribution is 5.94. The van der Waals surface area contributed by atoms with Crippen molar-refractivity contribution in [2.45, 2.75) is 18.9 Å². The summed E-state index contributed by atoms with van der Waals surface area (Å²) in [6, 6.07) is 15.7. The number of rotatable bonds is 8. The SMILES string of the molecule is COCCOc1ccc(C(=O)NCC2CCCN2c2nc3ccccc3o2)cc1. The lowest BCUT2D eigenvalue weighted by Crippen LogP contribution is -2.40. The van der Waals surface area contributed by atoms with Gasteiger partial charge < -0.3 is 24.1 Å². The third-order valence-corrected chi connectivity index (χ3v) is 5.08. The van der Waals surface area contributed by atoms with Crippen molar-refractivity contribution in [1.29, 1.82) is 0 Å². The molecule has 7 heteroatoms. The molecule has 2 aromatic carbocycles. The van der Waals surface area contributed by atoms with Gasteiger partial charge in [-0.1, -0.05) is 12.1 Å². The van der Waals surface area contributed by atoms with E-state index >= 15 is 0 Å². The van der Waals surface area contributed by atoms with E-state index in [4.69, 9.17) is 13.9 Å². The third-order valence-electron chi connectivity index (χ3n) is 5.08. The second-order valence-electron chi connectivity index (χ2n) is 7.03. The lowest BCUT2D eigenvalue weighted by Gasteiger charge is -2.23. The van der Waals surface area contributed by atoms with Gasteiger partial charge in [-0.3, -0.25) is 4.79 Å². The van der Waals surface area contributed by atoms with Gasteiger partial charge in [-0.25, -0.2) is 0 Å². The minimum absolute atomic E-state index is 0.0992. The number of fused-ring (bicyclic) bond motifs is 1. The molecule has 1 fully saturated rings. The minimum atomic E-state index is -0.0992. The van der Waals surface area contributed by atoms with Crippen LogP contribution in [0.2, 0.25) is 0 Å². The molecule has 7 nitrogen and oxygen atoms in total. The number of aromatic nitrogens is 1. The molecule has 2 heterocycles. The first-order valence-electron chi connectivity index (χ1n) is 9.87. The highest BCUT2D eigenvalue weighted by atomic mass is 16.5. The largest absolute Gasteiger partial charge is 0.491 e. The van der Waals surface area contributed by atoms with Crippen molar-refractivity contribution in [2.75, 3.05) is 38.3 Å². The van der Waals surface area contributed by atoms with E-state index in [9.17, 15) is 4.79 Å². The molecule has 1 aliphatic heterocycles. The molecule has 3 aromatic rings. The second kappa shape index (κ2) is 8.96. The molecular formula is C22H25N3O4. The monoisotopic (exact) mass is 395 g/mol. The second-order valence-corrected chi connectivity index (χ2v) is 7.03. The summed E-state index contributed by atoms with van der Waals surface area (Å²) in [5.41, 5.74) is 2.24. The van der Waals surface area contributed by atoms with Crippen LogP contribution in [-0.4, -0.2) is 50.3 Å². The van der Waals surface area contributed by atoms with Gasteiger partial charge in [0.1, 0.15) is 17.9 Å². The molecule has 1 aromatic heterocycles. The molecule has 4 rings (SSSR count). The van der Waals surface area contributed by atoms with Crippen molar-refractivity contribution in [1.82, 2.24) is 10.3 Å². The zero-order valence-electron chi connectivity index (χ0n) is 16.5. The van der Waals surface area contributed by atoms with Crippen molar-refractivity contribution in [2.24, 2.45) is 0 Å². The Morgan fingerprint density at radius 3 is 2.83 bits per heavy atom. The number of anilines is 1. The number of carbonyl (C=O) groups is 1. The fraction of sp³-hybridized carbons (Fsp3) is 0.364. The average molecular weight is 395 g/mol. The summed E-state index contributed by atoms with van der Waals surface area (Å²) in [5.74, 6) is 0.620. The number of amides is 1. The molecule has 1 N–H and O–H groups in total. The van der Waals surface area contributed by atoms with Crippen LogP contribution in [0.4, 0.5) is 6.01 Å². The Kier molecular flexibility index (Phi) is 5.95. The zero-order valence-corrected chi connectivity index (χ0v) is 16.5. The molecule has 0 aliphatic carbocycles. The molecule has 0 radical (unpaired) electrons. The number of hydrogen-bond acceptors (Lipinski definition) is 6. The number of para-hydroxylation sites is 2. The topological polar surface area (TPSA) is 76.8 Å². The molecule has 0 bridgehead atoms. The summed E-state index contributed by atoms with van der Waals surface area (Å²) in [5, 5.41) is 3.04. The van der Waals surface area contributed by atoms with Gasteiger partial charge >= 0.3 is 0 Å². The van der Waals surface area contributed by atoms with E-state index in [2.05, 4.69) is 15.2 Å². The van der Waals surface area contributed by atoms with Gasteiger partial charge in [0, 0.05) is 25.8 Å². The Morgan fingerprint density at radius 1 is 1.21 bits per heavy atom. The summed E-state index contributed by atoms with van der Waals surface area (Å²) >= 11 is 0. The van der Waals surface area contributed by atoms with Gasteiger partial charge in [0.2, 0.25) is 0 Å². The maximum Gasteiger partial charge on any atom is 0.298 e. The maximum absolute atomic E-state index is 12.5. The Bertz CT molecular complexity index is 921. The van der Waals surface area contributed by atoms with E-state index in [1.165, 1.54) is 0 Å². The smallest absolute Gasteiger partial charge is 0.298 e. The summed E-state index contributed by atoms with van der Waals surface area (Å²) in [6.07, 6.45) is 2.04. The predicted molar refractivity (Wildman–Crippen MR) is 111 cm³/mol. The molecule has 1 amide bonds. The molecule has 152 valence electrons. The van der Waals surface area contributed by atoms with Gasteiger partial charge in [0.15, 0.2) is 5.58 Å². The fourth-order valence-corrected chi connectivity index (χ4v) is 3.54. The number of oxazole rings is 1. The Hall–Kier alpha value is -3.06. The molecule has 1 atom stereocenters. The third kappa shape index (κ3) is 4.51. The van der Waals surface area contributed by atoms with Crippen LogP contribution < -0.4 is 15.0 Å². The van der Waals surface area contributed by atoms with Crippen molar-refractivity contribution < 1.29 is 18.7 Å². The molecule has 0 spiro atoms. The first kappa shape index (κ1) is 19.3. The lowest BCUT2D eigenvalue weighted by atomic mass is 10.2. The first-order valence-corrected chi connectivity index (χ1v) is 9.87. The predicted octanol–water partition coefficient (Wildman–Crippen LogP) is 3.25. The van der Waals surface area contributed by atoms with E-state index < -0.39 is 0 Å². The van der Waals surface area contributed by atoms with Crippen molar-refractivity contribution >= 4 is 23.0 Å². The number of carbonyl (C=O) groups excluding carboxylic acids is 1. The van der Waals surface area contributed by atoms with Crippen molar-refractivity contribution in [3.05, 3.63) is 54.1 Å². The first-order chi connectivity index (χ1) is 14.2. The normalized spacial score (nSPS) is 16.3. The van der Waals surface area contributed by atoms with E-state index in [0.717, 1.165) is 36.2 Å². The fourth-order valence-electron chi connectivity index (χ4n) is 3.54. The Labute approximate surface area is 169 Å². The minimum Gasteiger partial charge on any atom is -0.491 e. The summed E-state index contributed by atoms with van der Waals surface area (Å²) < 4.78 is 16.4. The highest BCUT2D eigenvalue weighted by Gasteiger charge is 2.28.